The van der Waals surface area contributed by atoms with Crippen molar-refractivity contribution in [2.75, 3.05) is 5.32 Å². The second kappa shape index (κ2) is 6.57. The van der Waals surface area contributed by atoms with Crippen LogP contribution in [0.5, 0.6) is 0 Å². The highest BCUT2D eigenvalue weighted by Crippen LogP contribution is 2.45. The first kappa shape index (κ1) is 16.4. The van der Waals surface area contributed by atoms with Crippen molar-refractivity contribution in [3.8, 4) is 6.07 Å². The van der Waals surface area contributed by atoms with E-state index in [-0.39, 0.29) is 17.5 Å². The zero-order valence-corrected chi connectivity index (χ0v) is 13.2. The first-order chi connectivity index (χ1) is 11.5. The van der Waals surface area contributed by atoms with Gasteiger partial charge >= 0.3 is 0 Å². The SMILES string of the molecule is N#Cc1ccccc1NC(=O)Cn1nc(C(F)F)c(Cl)c1C1CC1. The van der Waals surface area contributed by atoms with Gasteiger partial charge in [-0.2, -0.15) is 10.4 Å². The van der Waals surface area contributed by atoms with Crippen LogP contribution in [0, 0.1) is 11.3 Å². The molecular weight excluding hydrogens is 338 g/mol. The lowest BCUT2D eigenvalue weighted by molar-refractivity contribution is -0.117. The largest absolute Gasteiger partial charge is 0.323 e. The van der Waals surface area contributed by atoms with Crippen molar-refractivity contribution in [1.29, 1.82) is 5.26 Å². The van der Waals surface area contributed by atoms with Gasteiger partial charge < -0.3 is 5.32 Å². The number of rotatable bonds is 5. The molecule has 0 saturated heterocycles. The molecule has 24 heavy (non-hydrogen) atoms. The minimum Gasteiger partial charge on any atom is -0.323 e. The van der Waals surface area contributed by atoms with Crippen LogP contribution < -0.4 is 5.32 Å². The summed E-state index contributed by atoms with van der Waals surface area (Å²) in [5.74, 6) is -0.392. The molecule has 1 fully saturated rings. The molecule has 1 aliphatic carbocycles. The van der Waals surface area contributed by atoms with Crippen LogP contribution in [0.2, 0.25) is 5.02 Å². The van der Waals surface area contributed by atoms with Crippen LogP contribution >= 0.6 is 11.6 Å². The summed E-state index contributed by atoms with van der Waals surface area (Å²) in [5.41, 5.74) is 0.671. The highest BCUT2D eigenvalue weighted by atomic mass is 35.5. The minimum atomic E-state index is -2.79. The molecule has 1 aromatic heterocycles. The molecule has 0 unspecified atom stereocenters. The van der Waals surface area contributed by atoms with Gasteiger partial charge in [-0.05, 0) is 25.0 Å². The average molecular weight is 351 g/mol. The van der Waals surface area contributed by atoms with Gasteiger partial charge in [0.2, 0.25) is 5.91 Å². The molecule has 1 aromatic carbocycles. The number of para-hydroxylation sites is 1. The lowest BCUT2D eigenvalue weighted by Gasteiger charge is -2.09. The zero-order valence-electron chi connectivity index (χ0n) is 12.5. The Morgan fingerprint density at radius 2 is 2.17 bits per heavy atom. The fourth-order valence-electron chi connectivity index (χ4n) is 2.49. The Morgan fingerprint density at radius 1 is 1.46 bits per heavy atom. The van der Waals surface area contributed by atoms with E-state index in [1.807, 2.05) is 6.07 Å². The van der Waals surface area contributed by atoms with Crippen molar-refractivity contribution < 1.29 is 13.6 Å². The van der Waals surface area contributed by atoms with E-state index in [0.29, 0.717) is 16.9 Å². The van der Waals surface area contributed by atoms with E-state index in [4.69, 9.17) is 16.9 Å². The molecule has 5 nitrogen and oxygen atoms in total. The number of benzene rings is 1. The first-order valence-electron chi connectivity index (χ1n) is 7.34. The molecule has 1 aliphatic rings. The highest BCUT2D eigenvalue weighted by Gasteiger charge is 2.34. The molecule has 1 N–H and O–H groups in total. The van der Waals surface area contributed by atoms with Crippen molar-refractivity contribution in [2.24, 2.45) is 0 Å². The van der Waals surface area contributed by atoms with Gasteiger partial charge in [-0.25, -0.2) is 8.78 Å². The third-order valence-electron chi connectivity index (χ3n) is 3.74. The van der Waals surface area contributed by atoms with Gasteiger partial charge in [0.25, 0.3) is 6.43 Å². The van der Waals surface area contributed by atoms with E-state index in [1.165, 1.54) is 4.68 Å². The van der Waals surface area contributed by atoms with Gasteiger partial charge in [0.05, 0.1) is 22.0 Å². The number of nitrogens with one attached hydrogen (secondary N) is 1. The Bertz CT molecular complexity index is 824. The summed E-state index contributed by atoms with van der Waals surface area (Å²) in [6.07, 6.45) is -1.11. The molecule has 0 aliphatic heterocycles. The second-order valence-electron chi connectivity index (χ2n) is 5.52. The molecule has 0 atom stereocenters. The smallest absolute Gasteiger partial charge is 0.283 e. The van der Waals surface area contributed by atoms with Gasteiger partial charge in [0.15, 0.2) is 0 Å². The third kappa shape index (κ3) is 3.24. The summed E-state index contributed by atoms with van der Waals surface area (Å²) in [4.78, 5) is 12.2. The number of hydrogen-bond donors (Lipinski definition) is 1. The normalized spacial score (nSPS) is 13.8. The summed E-state index contributed by atoms with van der Waals surface area (Å²) in [5, 5.41) is 15.4. The molecule has 2 aromatic rings. The number of anilines is 1. The lowest BCUT2D eigenvalue weighted by atomic mass is 10.2. The number of hydrogen-bond acceptors (Lipinski definition) is 3. The van der Waals surface area contributed by atoms with Crippen LogP contribution in [-0.4, -0.2) is 15.7 Å². The van der Waals surface area contributed by atoms with Crippen LogP contribution in [0.25, 0.3) is 0 Å². The number of nitrogens with zero attached hydrogens (tertiary/aromatic N) is 3. The summed E-state index contributed by atoms with van der Waals surface area (Å²) < 4.78 is 27.2. The predicted molar refractivity (Wildman–Crippen MR) is 84.0 cm³/mol. The van der Waals surface area contributed by atoms with Crippen LogP contribution in [0.1, 0.15) is 42.1 Å². The Hall–Kier alpha value is -2.46. The van der Waals surface area contributed by atoms with E-state index in [2.05, 4.69) is 10.4 Å². The van der Waals surface area contributed by atoms with Gasteiger partial charge in [-0.1, -0.05) is 23.7 Å². The van der Waals surface area contributed by atoms with E-state index < -0.39 is 18.0 Å². The Balaban J connectivity index is 1.82. The number of alkyl halides is 2. The number of carbonyl (C=O) groups is 1. The average Bonchev–Trinajstić information content (AvgIpc) is 3.32. The fourth-order valence-corrected chi connectivity index (χ4v) is 2.87. The van der Waals surface area contributed by atoms with Crippen LogP contribution in [0.4, 0.5) is 14.5 Å². The zero-order chi connectivity index (χ0) is 17.3. The molecule has 8 heteroatoms. The van der Waals surface area contributed by atoms with E-state index in [1.54, 1.807) is 24.3 Å². The van der Waals surface area contributed by atoms with Gasteiger partial charge in [-0.3, -0.25) is 9.48 Å². The van der Waals surface area contributed by atoms with Crippen molar-refractivity contribution in [3.05, 3.63) is 46.2 Å². The molecule has 3 rings (SSSR count). The van der Waals surface area contributed by atoms with Crippen molar-refractivity contribution in [1.82, 2.24) is 9.78 Å². The predicted octanol–water partition coefficient (Wildman–Crippen LogP) is 3.86. The van der Waals surface area contributed by atoms with Gasteiger partial charge in [0, 0.05) is 5.92 Å². The summed E-state index contributed by atoms with van der Waals surface area (Å²) >= 11 is 6.01. The monoisotopic (exact) mass is 350 g/mol. The Morgan fingerprint density at radius 3 is 2.79 bits per heavy atom. The number of halogens is 3. The van der Waals surface area contributed by atoms with Crippen molar-refractivity contribution in [2.45, 2.75) is 31.7 Å². The molecule has 0 bridgehead atoms. The quantitative estimate of drug-likeness (QED) is 0.890. The second-order valence-corrected chi connectivity index (χ2v) is 5.90. The Labute approximate surface area is 141 Å². The molecule has 124 valence electrons. The van der Waals surface area contributed by atoms with Crippen molar-refractivity contribution in [3.63, 3.8) is 0 Å². The molecule has 1 heterocycles. The molecular formula is C16H13ClF2N4O. The molecule has 0 spiro atoms. The number of amides is 1. The fraction of sp³-hybridized carbons (Fsp3) is 0.312. The molecule has 1 saturated carbocycles. The maximum absolute atomic E-state index is 13.0. The van der Waals surface area contributed by atoms with E-state index in [0.717, 1.165) is 12.8 Å². The van der Waals surface area contributed by atoms with Crippen LogP contribution in [-0.2, 0) is 11.3 Å². The van der Waals surface area contributed by atoms with E-state index >= 15 is 0 Å². The maximum atomic E-state index is 13.0. The molecule has 0 radical (unpaired) electrons. The van der Waals surface area contributed by atoms with Crippen LogP contribution in [0.3, 0.4) is 0 Å². The van der Waals surface area contributed by atoms with E-state index in [9.17, 15) is 13.6 Å². The first-order valence-corrected chi connectivity index (χ1v) is 7.72. The van der Waals surface area contributed by atoms with Gasteiger partial charge in [0.1, 0.15) is 18.3 Å². The standard InChI is InChI=1S/C16H13ClF2N4O/c17-13-14(16(18)19)22-23(15(13)9-5-6-9)8-12(24)21-11-4-2-1-3-10(11)7-20/h1-4,9,16H,5-6,8H2,(H,21,24). The summed E-state index contributed by atoms with van der Waals surface area (Å²) in [6.45, 7) is -0.238. The number of nitriles is 1. The third-order valence-corrected chi connectivity index (χ3v) is 4.13. The van der Waals surface area contributed by atoms with Crippen LogP contribution in [0.15, 0.2) is 24.3 Å². The Kier molecular flexibility index (Phi) is 4.49. The highest BCUT2D eigenvalue weighted by molar-refractivity contribution is 6.32. The number of carbonyl (C=O) groups excluding carboxylic acids is 1. The molecule has 1 amide bonds. The number of aromatic nitrogens is 2. The summed E-state index contributed by atoms with van der Waals surface area (Å²) in [7, 11) is 0. The summed E-state index contributed by atoms with van der Waals surface area (Å²) in [6, 6.07) is 8.51. The minimum absolute atomic E-state index is 0.0577. The maximum Gasteiger partial charge on any atom is 0.283 e. The van der Waals surface area contributed by atoms with Crippen molar-refractivity contribution >= 4 is 23.2 Å². The lowest BCUT2D eigenvalue weighted by Crippen LogP contribution is -2.21. The van der Waals surface area contributed by atoms with Gasteiger partial charge in [-0.15, -0.1) is 0 Å². The topological polar surface area (TPSA) is 70.7 Å².